The minimum Gasteiger partial charge on any atom is -0.493 e. The summed E-state index contributed by atoms with van der Waals surface area (Å²) in [4.78, 5) is 4.63. The van der Waals surface area contributed by atoms with Gasteiger partial charge in [-0.15, -0.1) is 24.0 Å². The second kappa shape index (κ2) is 13.8. The molecule has 7 nitrogen and oxygen atoms in total. The van der Waals surface area contributed by atoms with Crippen LogP contribution in [-0.4, -0.2) is 64.2 Å². The third-order valence-corrected chi connectivity index (χ3v) is 4.10. The summed E-state index contributed by atoms with van der Waals surface area (Å²) < 4.78 is 22.5. The zero-order chi connectivity index (χ0) is 19.5. The molecular weight excluding hydrogens is 473 g/mol. The lowest BCUT2D eigenvalue weighted by molar-refractivity contribution is 0.0347. The zero-order valence-electron chi connectivity index (χ0n) is 17.3. The molecule has 1 saturated heterocycles. The summed E-state index contributed by atoms with van der Waals surface area (Å²) in [5.74, 6) is 2.20. The molecule has 1 aromatic carbocycles. The Balaban J connectivity index is 0.00000392. The number of guanidine groups is 1. The third kappa shape index (κ3) is 8.83. The van der Waals surface area contributed by atoms with Crippen molar-refractivity contribution in [3.63, 3.8) is 0 Å². The van der Waals surface area contributed by atoms with Crippen LogP contribution in [0.25, 0.3) is 0 Å². The number of rotatable bonds is 10. The highest BCUT2D eigenvalue weighted by Crippen LogP contribution is 2.26. The van der Waals surface area contributed by atoms with Crippen molar-refractivity contribution < 1.29 is 18.9 Å². The molecule has 3 unspecified atom stereocenters. The van der Waals surface area contributed by atoms with Crippen LogP contribution in [0.1, 0.15) is 27.2 Å². The van der Waals surface area contributed by atoms with Crippen LogP contribution in [-0.2, 0) is 9.47 Å². The lowest BCUT2D eigenvalue weighted by Crippen LogP contribution is -2.45. The summed E-state index contributed by atoms with van der Waals surface area (Å²) in [5.41, 5.74) is 0. The number of hydrogen-bond donors (Lipinski definition) is 2. The molecule has 0 aliphatic carbocycles. The van der Waals surface area contributed by atoms with Crippen molar-refractivity contribution in [2.24, 2.45) is 4.99 Å². The van der Waals surface area contributed by atoms with Crippen molar-refractivity contribution in [1.82, 2.24) is 10.6 Å². The van der Waals surface area contributed by atoms with Gasteiger partial charge in [0.05, 0.1) is 33.0 Å². The van der Waals surface area contributed by atoms with E-state index in [0.29, 0.717) is 19.8 Å². The van der Waals surface area contributed by atoms with Gasteiger partial charge in [-0.2, -0.15) is 0 Å². The van der Waals surface area contributed by atoms with E-state index in [9.17, 15) is 0 Å². The van der Waals surface area contributed by atoms with Gasteiger partial charge in [-0.1, -0.05) is 12.1 Å². The highest BCUT2D eigenvalue weighted by Gasteiger charge is 2.17. The van der Waals surface area contributed by atoms with Gasteiger partial charge >= 0.3 is 0 Å². The molecule has 0 aromatic heterocycles. The molecule has 1 aliphatic heterocycles. The molecule has 0 radical (unpaired) electrons. The molecule has 1 heterocycles. The van der Waals surface area contributed by atoms with Gasteiger partial charge in [-0.05, 0) is 39.3 Å². The standard InChI is InChI=1S/C20H33N3O4.HI/c1-5-21-20(23-15(2)13-26-17-10-11-25-14-17)22-12-16(3)27-19-9-7-6-8-18(19)24-4;/h6-9,15-17H,5,10-14H2,1-4H3,(H2,21,22,23);1H. The maximum Gasteiger partial charge on any atom is 0.191 e. The minimum absolute atomic E-state index is 0. The molecule has 1 fully saturated rings. The summed E-state index contributed by atoms with van der Waals surface area (Å²) in [6.45, 7) is 9.53. The topological polar surface area (TPSA) is 73.3 Å². The van der Waals surface area contributed by atoms with Crippen molar-refractivity contribution in [1.29, 1.82) is 0 Å². The molecule has 28 heavy (non-hydrogen) atoms. The van der Waals surface area contributed by atoms with E-state index >= 15 is 0 Å². The predicted octanol–water partition coefficient (Wildman–Crippen LogP) is 2.83. The van der Waals surface area contributed by atoms with Crippen LogP contribution in [0, 0.1) is 0 Å². The first-order chi connectivity index (χ1) is 13.1. The van der Waals surface area contributed by atoms with Crippen LogP contribution in [0.5, 0.6) is 11.5 Å². The average molecular weight is 507 g/mol. The first-order valence-electron chi connectivity index (χ1n) is 9.66. The Kier molecular flexibility index (Phi) is 12.2. The Morgan fingerprint density at radius 1 is 1.29 bits per heavy atom. The number of methoxy groups -OCH3 is 1. The molecular formula is C20H34IN3O4. The monoisotopic (exact) mass is 507 g/mol. The van der Waals surface area contributed by atoms with Crippen molar-refractivity contribution in [2.45, 2.75) is 45.4 Å². The number of halogens is 1. The van der Waals surface area contributed by atoms with E-state index < -0.39 is 0 Å². The summed E-state index contributed by atoms with van der Waals surface area (Å²) in [5, 5.41) is 6.64. The molecule has 2 N–H and O–H groups in total. The Morgan fingerprint density at radius 3 is 2.68 bits per heavy atom. The summed E-state index contributed by atoms with van der Waals surface area (Å²) >= 11 is 0. The second-order valence-electron chi connectivity index (χ2n) is 6.66. The van der Waals surface area contributed by atoms with Crippen LogP contribution in [0.15, 0.2) is 29.3 Å². The summed E-state index contributed by atoms with van der Waals surface area (Å²) in [7, 11) is 1.64. The summed E-state index contributed by atoms with van der Waals surface area (Å²) in [6.07, 6.45) is 1.10. The number of hydrogen-bond acceptors (Lipinski definition) is 5. The molecule has 8 heteroatoms. The van der Waals surface area contributed by atoms with Gasteiger partial charge in [0.15, 0.2) is 17.5 Å². The van der Waals surface area contributed by atoms with Crippen molar-refractivity contribution >= 4 is 29.9 Å². The van der Waals surface area contributed by atoms with E-state index in [1.165, 1.54) is 0 Å². The van der Waals surface area contributed by atoms with Gasteiger partial charge in [0.2, 0.25) is 0 Å². The van der Waals surface area contributed by atoms with E-state index in [0.717, 1.165) is 37.0 Å². The van der Waals surface area contributed by atoms with E-state index in [4.69, 9.17) is 18.9 Å². The quantitative estimate of drug-likeness (QED) is 0.288. The maximum atomic E-state index is 5.96. The van der Waals surface area contributed by atoms with Crippen molar-refractivity contribution in [3.8, 4) is 11.5 Å². The Bertz CT molecular complexity index is 582. The van der Waals surface area contributed by atoms with E-state index in [2.05, 4.69) is 22.5 Å². The van der Waals surface area contributed by atoms with E-state index in [-0.39, 0.29) is 42.2 Å². The molecule has 160 valence electrons. The SMILES string of the molecule is CCNC(=NCC(C)Oc1ccccc1OC)NC(C)COC1CCOC1.I. The summed E-state index contributed by atoms with van der Waals surface area (Å²) in [6, 6.07) is 7.77. The molecule has 0 bridgehead atoms. The molecule has 0 spiro atoms. The number of nitrogens with zero attached hydrogens (tertiary/aromatic N) is 1. The lowest BCUT2D eigenvalue weighted by Gasteiger charge is -2.20. The Labute approximate surface area is 185 Å². The molecule has 0 saturated carbocycles. The fraction of sp³-hybridized carbons (Fsp3) is 0.650. The highest BCUT2D eigenvalue weighted by atomic mass is 127. The van der Waals surface area contributed by atoms with Gasteiger partial charge in [-0.3, -0.25) is 0 Å². The van der Waals surface area contributed by atoms with Crippen LogP contribution < -0.4 is 20.1 Å². The average Bonchev–Trinajstić information content (AvgIpc) is 3.19. The number of nitrogens with one attached hydrogen (secondary N) is 2. The fourth-order valence-electron chi connectivity index (χ4n) is 2.71. The fourth-order valence-corrected chi connectivity index (χ4v) is 2.71. The normalized spacial score (nSPS) is 18.7. The van der Waals surface area contributed by atoms with Gasteiger partial charge in [-0.25, -0.2) is 4.99 Å². The first kappa shape index (κ1) is 24.8. The largest absolute Gasteiger partial charge is 0.493 e. The molecule has 3 atom stereocenters. The Morgan fingerprint density at radius 2 is 2.04 bits per heavy atom. The number of benzene rings is 1. The zero-order valence-corrected chi connectivity index (χ0v) is 19.6. The molecule has 1 aromatic rings. The minimum atomic E-state index is -0.0843. The van der Waals surface area contributed by atoms with Crippen LogP contribution >= 0.6 is 24.0 Å². The van der Waals surface area contributed by atoms with Gasteiger partial charge < -0.3 is 29.6 Å². The first-order valence-corrected chi connectivity index (χ1v) is 9.66. The molecule has 1 aliphatic rings. The maximum absolute atomic E-state index is 5.96. The second-order valence-corrected chi connectivity index (χ2v) is 6.66. The third-order valence-electron chi connectivity index (χ3n) is 4.10. The smallest absolute Gasteiger partial charge is 0.191 e. The number of aliphatic imine (C=N–C) groups is 1. The van der Waals surface area contributed by atoms with Crippen LogP contribution in [0.4, 0.5) is 0 Å². The Hall–Kier alpha value is -1.26. The van der Waals surface area contributed by atoms with Crippen LogP contribution in [0.3, 0.4) is 0 Å². The predicted molar refractivity (Wildman–Crippen MR) is 122 cm³/mol. The lowest BCUT2D eigenvalue weighted by atomic mass is 10.3. The van der Waals surface area contributed by atoms with Crippen molar-refractivity contribution in [3.05, 3.63) is 24.3 Å². The number of ether oxygens (including phenoxy) is 4. The molecule has 0 amide bonds. The van der Waals surface area contributed by atoms with Gasteiger partial charge in [0.1, 0.15) is 6.10 Å². The highest BCUT2D eigenvalue weighted by molar-refractivity contribution is 14.0. The van der Waals surface area contributed by atoms with E-state index in [1.807, 2.05) is 38.1 Å². The molecule has 2 rings (SSSR count). The van der Waals surface area contributed by atoms with Crippen LogP contribution in [0.2, 0.25) is 0 Å². The van der Waals surface area contributed by atoms with Gasteiger partial charge in [0, 0.05) is 19.2 Å². The van der Waals surface area contributed by atoms with Crippen molar-refractivity contribution in [2.75, 3.05) is 40.0 Å². The number of para-hydroxylation sites is 2. The van der Waals surface area contributed by atoms with Gasteiger partial charge in [0.25, 0.3) is 0 Å². The van der Waals surface area contributed by atoms with E-state index in [1.54, 1.807) is 7.11 Å².